The van der Waals surface area contributed by atoms with Crippen LogP contribution in [0.5, 0.6) is 0 Å². The second-order valence-corrected chi connectivity index (χ2v) is 3.34. The number of aromatic nitrogens is 1. The molecular formula is C10H6F4N2O. The number of hydrogen-bond donors (Lipinski definition) is 1. The van der Waals surface area contributed by atoms with Crippen molar-refractivity contribution in [3.8, 4) is 11.3 Å². The molecule has 2 N–H and O–H groups in total. The smallest absolute Gasteiger partial charge is 0.381 e. The lowest BCUT2D eigenvalue weighted by Crippen LogP contribution is -2.05. The molecule has 0 radical (unpaired) electrons. The molecule has 0 aliphatic heterocycles. The van der Waals surface area contributed by atoms with Gasteiger partial charge in [0.1, 0.15) is 5.82 Å². The fraction of sp³-hybridized carbons (Fsp3) is 0.100. The number of nitrogen functional groups attached to an aromatic ring is 1. The van der Waals surface area contributed by atoms with Crippen molar-refractivity contribution in [1.82, 2.24) is 5.16 Å². The van der Waals surface area contributed by atoms with E-state index >= 15 is 0 Å². The summed E-state index contributed by atoms with van der Waals surface area (Å²) in [5.74, 6) is -1.02. The van der Waals surface area contributed by atoms with Crippen molar-refractivity contribution in [3.05, 3.63) is 35.6 Å². The maximum absolute atomic E-state index is 13.1. The van der Waals surface area contributed by atoms with E-state index in [4.69, 9.17) is 5.73 Å². The van der Waals surface area contributed by atoms with E-state index < -0.39 is 17.6 Å². The number of rotatable bonds is 1. The standard InChI is InChI=1S/C10H6F4N2O/c11-7-2-5(8-4-9(15)16-17-8)1-6(3-7)10(12,13)14/h1-4H,(H2,15,16). The molecule has 2 rings (SSSR count). The van der Waals surface area contributed by atoms with Crippen LogP contribution in [0, 0.1) is 5.82 Å². The second-order valence-electron chi connectivity index (χ2n) is 3.34. The van der Waals surface area contributed by atoms with Gasteiger partial charge in [0.2, 0.25) is 0 Å². The zero-order chi connectivity index (χ0) is 12.6. The normalized spacial score (nSPS) is 11.8. The van der Waals surface area contributed by atoms with Crippen molar-refractivity contribution in [2.24, 2.45) is 0 Å². The van der Waals surface area contributed by atoms with Gasteiger partial charge in [-0.3, -0.25) is 0 Å². The molecule has 0 aliphatic rings. The van der Waals surface area contributed by atoms with Gasteiger partial charge in [-0.25, -0.2) is 4.39 Å². The van der Waals surface area contributed by atoms with Gasteiger partial charge in [-0.1, -0.05) is 5.16 Å². The molecule has 1 aromatic heterocycles. The van der Waals surface area contributed by atoms with Crippen LogP contribution >= 0.6 is 0 Å². The third kappa shape index (κ3) is 2.38. The van der Waals surface area contributed by atoms with E-state index in [0.29, 0.717) is 6.07 Å². The highest BCUT2D eigenvalue weighted by Gasteiger charge is 2.31. The maximum atomic E-state index is 13.1. The summed E-state index contributed by atoms with van der Waals surface area (Å²) in [6.45, 7) is 0. The van der Waals surface area contributed by atoms with Gasteiger partial charge in [-0.05, 0) is 18.2 Å². The van der Waals surface area contributed by atoms with Gasteiger partial charge >= 0.3 is 6.18 Å². The molecule has 3 nitrogen and oxygen atoms in total. The molecule has 0 amide bonds. The first-order valence-corrected chi connectivity index (χ1v) is 4.46. The highest BCUT2D eigenvalue weighted by Crippen LogP contribution is 2.33. The summed E-state index contributed by atoms with van der Waals surface area (Å²) >= 11 is 0. The van der Waals surface area contributed by atoms with E-state index in [2.05, 4.69) is 9.68 Å². The van der Waals surface area contributed by atoms with E-state index in [9.17, 15) is 17.6 Å². The summed E-state index contributed by atoms with van der Waals surface area (Å²) in [6, 6.07) is 3.30. The first-order chi connectivity index (χ1) is 7.86. The quantitative estimate of drug-likeness (QED) is 0.786. The Kier molecular flexibility index (Phi) is 2.53. The largest absolute Gasteiger partial charge is 0.416 e. The molecule has 0 spiro atoms. The molecule has 1 heterocycles. The zero-order valence-electron chi connectivity index (χ0n) is 8.25. The van der Waals surface area contributed by atoms with Gasteiger partial charge in [-0.2, -0.15) is 13.2 Å². The molecule has 17 heavy (non-hydrogen) atoms. The van der Waals surface area contributed by atoms with E-state index in [-0.39, 0.29) is 17.1 Å². The number of benzene rings is 1. The molecule has 90 valence electrons. The zero-order valence-corrected chi connectivity index (χ0v) is 8.25. The average molecular weight is 246 g/mol. The van der Waals surface area contributed by atoms with Crippen molar-refractivity contribution in [2.75, 3.05) is 5.73 Å². The number of hydrogen-bond acceptors (Lipinski definition) is 3. The van der Waals surface area contributed by atoms with E-state index in [1.165, 1.54) is 6.07 Å². The Morgan fingerprint density at radius 1 is 1.12 bits per heavy atom. The molecule has 1 aromatic carbocycles. The van der Waals surface area contributed by atoms with Crippen molar-refractivity contribution in [2.45, 2.75) is 6.18 Å². The van der Waals surface area contributed by atoms with Crippen molar-refractivity contribution in [3.63, 3.8) is 0 Å². The van der Waals surface area contributed by atoms with Crippen molar-refractivity contribution < 1.29 is 22.1 Å². The topological polar surface area (TPSA) is 52.0 Å². The van der Waals surface area contributed by atoms with Crippen LogP contribution in [-0.4, -0.2) is 5.16 Å². The fourth-order valence-corrected chi connectivity index (χ4v) is 1.32. The first kappa shape index (κ1) is 11.4. The van der Waals surface area contributed by atoms with E-state index in [1.807, 2.05) is 0 Å². The van der Waals surface area contributed by atoms with Crippen molar-refractivity contribution >= 4 is 5.82 Å². The van der Waals surface area contributed by atoms with Gasteiger partial charge in [0, 0.05) is 11.6 Å². The summed E-state index contributed by atoms with van der Waals surface area (Å²) in [4.78, 5) is 0. The first-order valence-electron chi connectivity index (χ1n) is 4.46. The Labute approximate surface area is 92.8 Å². The minimum Gasteiger partial charge on any atom is -0.381 e. The number of nitrogens with two attached hydrogens (primary N) is 1. The highest BCUT2D eigenvalue weighted by atomic mass is 19.4. The van der Waals surface area contributed by atoms with Gasteiger partial charge in [0.15, 0.2) is 11.6 Å². The Hall–Kier alpha value is -2.05. The summed E-state index contributed by atoms with van der Waals surface area (Å²) in [5, 5.41) is 3.31. The SMILES string of the molecule is Nc1cc(-c2cc(F)cc(C(F)(F)F)c2)on1. The predicted octanol–water partition coefficient (Wildman–Crippen LogP) is 3.08. The lowest BCUT2D eigenvalue weighted by Gasteiger charge is -2.07. The average Bonchev–Trinajstić information content (AvgIpc) is 2.62. The Morgan fingerprint density at radius 2 is 1.82 bits per heavy atom. The lowest BCUT2D eigenvalue weighted by molar-refractivity contribution is -0.137. The van der Waals surface area contributed by atoms with Crippen LogP contribution < -0.4 is 5.73 Å². The molecule has 0 bridgehead atoms. The van der Waals surface area contributed by atoms with Crippen LogP contribution in [0.25, 0.3) is 11.3 Å². The summed E-state index contributed by atoms with van der Waals surface area (Å²) < 4.78 is 55.0. The van der Waals surface area contributed by atoms with Gasteiger partial charge in [0.25, 0.3) is 0 Å². The minimum absolute atomic E-state index is 0.0119. The van der Waals surface area contributed by atoms with Crippen LogP contribution in [0.2, 0.25) is 0 Å². The van der Waals surface area contributed by atoms with Crippen LogP contribution in [0.1, 0.15) is 5.56 Å². The second kappa shape index (κ2) is 3.76. The van der Waals surface area contributed by atoms with Gasteiger partial charge in [0.05, 0.1) is 5.56 Å². The Balaban J connectivity index is 2.52. The van der Waals surface area contributed by atoms with Gasteiger partial charge in [-0.15, -0.1) is 0 Å². The summed E-state index contributed by atoms with van der Waals surface area (Å²) in [7, 11) is 0. The molecule has 0 aliphatic carbocycles. The minimum atomic E-state index is -4.62. The summed E-state index contributed by atoms with van der Waals surface area (Å²) in [5.41, 5.74) is 4.09. The van der Waals surface area contributed by atoms with Crippen LogP contribution in [0.3, 0.4) is 0 Å². The van der Waals surface area contributed by atoms with Crippen LogP contribution in [0.15, 0.2) is 28.8 Å². The Morgan fingerprint density at radius 3 is 2.35 bits per heavy atom. The highest BCUT2D eigenvalue weighted by molar-refractivity contribution is 5.61. The molecular weight excluding hydrogens is 240 g/mol. The summed E-state index contributed by atoms with van der Waals surface area (Å²) in [6.07, 6.45) is -4.62. The number of nitrogens with zero attached hydrogens (tertiary/aromatic N) is 1. The molecule has 0 fully saturated rings. The number of anilines is 1. The predicted molar refractivity (Wildman–Crippen MR) is 51.3 cm³/mol. The number of halogens is 4. The third-order valence-corrected chi connectivity index (χ3v) is 2.04. The Bertz CT molecular complexity index is 547. The van der Waals surface area contributed by atoms with Crippen LogP contribution in [0.4, 0.5) is 23.4 Å². The molecule has 7 heteroatoms. The van der Waals surface area contributed by atoms with E-state index in [0.717, 1.165) is 12.1 Å². The molecule has 0 unspecified atom stereocenters. The van der Waals surface area contributed by atoms with Crippen LogP contribution in [-0.2, 0) is 6.18 Å². The molecule has 0 saturated heterocycles. The fourth-order valence-electron chi connectivity index (χ4n) is 1.32. The van der Waals surface area contributed by atoms with Crippen molar-refractivity contribution in [1.29, 1.82) is 0 Å². The van der Waals surface area contributed by atoms with E-state index in [1.54, 1.807) is 0 Å². The maximum Gasteiger partial charge on any atom is 0.416 e. The third-order valence-electron chi connectivity index (χ3n) is 2.04. The lowest BCUT2D eigenvalue weighted by atomic mass is 10.1. The molecule has 0 saturated carbocycles. The number of alkyl halides is 3. The monoisotopic (exact) mass is 246 g/mol. The van der Waals surface area contributed by atoms with Gasteiger partial charge < -0.3 is 10.3 Å². The molecule has 2 aromatic rings. The molecule has 0 atom stereocenters.